The molecule has 152 valence electrons. The number of aryl methyl sites for hydroxylation is 1. The predicted octanol–water partition coefficient (Wildman–Crippen LogP) is 3.68. The molecule has 1 aliphatic heterocycles. The number of carbonyl (C=O) groups excluding carboxylic acids is 1. The zero-order valence-electron chi connectivity index (χ0n) is 16.7. The molecule has 29 heavy (non-hydrogen) atoms. The van der Waals surface area contributed by atoms with Crippen LogP contribution < -0.4 is 15.0 Å². The van der Waals surface area contributed by atoms with Crippen molar-refractivity contribution in [2.45, 2.75) is 13.3 Å². The zero-order valence-corrected chi connectivity index (χ0v) is 17.5. The van der Waals surface area contributed by atoms with Crippen LogP contribution in [0.2, 0.25) is 5.02 Å². The van der Waals surface area contributed by atoms with Crippen molar-refractivity contribution in [1.82, 2.24) is 4.90 Å². The quantitative estimate of drug-likeness (QED) is 0.811. The molecule has 0 radical (unpaired) electrons. The Bertz CT molecular complexity index is 926. The highest BCUT2D eigenvalue weighted by Gasteiger charge is 2.19. The summed E-state index contributed by atoms with van der Waals surface area (Å²) in [5.74, 6) is 0.458. The number of halogens is 1. The van der Waals surface area contributed by atoms with Crippen molar-refractivity contribution in [3.63, 3.8) is 0 Å². The molecule has 1 heterocycles. The van der Waals surface area contributed by atoms with Crippen LogP contribution in [0.3, 0.4) is 0 Å². The van der Waals surface area contributed by atoms with Gasteiger partial charge in [-0.1, -0.05) is 23.7 Å². The number of nitriles is 1. The van der Waals surface area contributed by atoms with E-state index in [4.69, 9.17) is 16.3 Å². The summed E-state index contributed by atoms with van der Waals surface area (Å²) in [6.07, 6.45) is 0.927. The lowest BCUT2D eigenvalue weighted by molar-refractivity contribution is -0.117. The van der Waals surface area contributed by atoms with Crippen molar-refractivity contribution < 1.29 is 9.53 Å². The number of hydrogen-bond donors (Lipinski definition) is 1. The molecule has 0 atom stereocenters. The first-order valence-corrected chi connectivity index (χ1v) is 10.00. The number of rotatable bonds is 5. The van der Waals surface area contributed by atoms with Gasteiger partial charge in [0, 0.05) is 37.3 Å². The molecule has 1 saturated heterocycles. The van der Waals surface area contributed by atoms with E-state index in [1.54, 1.807) is 13.2 Å². The number of amides is 1. The number of methoxy groups -OCH3 is 1. The van der Waals surface area contributed by atoms with E-state index in [0.29, 0.717) is 28.6 Å². The Kier molecular flexibility index (Phi) is 6.97. The zero-order chi connectivity index (χ0) is 20.8. The molecule has 3 rings (SSSR count). The van der Waals surface area contributed by atoms with Gasteiger partial charge >= 0.3 is 0 Å². The molecule has 6 nitrogen and oxygen atoms in total. The van der Waals surface area contributed by atoms with Gasteiger partial charge in [-0.25, -0.2) is 0 Å². The third kappa shape index (κ3) is 5.20. The second kappa shape index (κ2) is 9.64. The van der Waals surface area contributed by atoms with Crippen LogP contribution in [0.15, 0.2) is 36.4 Å². The van der Waals surface area contributed by atoms with Crippen molar-refractivity contribution in [2.24, 2.45) is 0 Å². The SMILES string of the molecule is COc1cc(Cl)c(C)cc1NC(=O)CN1CCCN(c2ccccc2C#N)CC1. The molecule has 0 bridgehead atoms. The van der Waals surface area contributed by atoms with E-state index < -0.39 is 0 Å². The number of nitrogens with zero attached hydrogens (tertiary/aromatic N) is 3. The normalized spacial score (nSPS) is 14.8. The molecule has 0 aliphatic carbocycles. The molecule has 0 spiro atoms. The molecule has 0 unspecified atom stereocenters. The third-order valence-corrected chi connectivity index (χ3v) is 5.48. The summed E-state index contributed by atoms with van der Waals surface area (Å²) in [4.78, 5) is 17.0. The molecule has 0 aromatic heterocycles. The minimum absolute atomic E-state index is 0.0871. The van der Waals surface area contributed by atoms with Gasteiger partial charge in [0.2, 0.25) is 5.91 Å². The monoisotopic (exact) mass is 412 g/mol. The molecular weight excluding hydrogens is 388 g/mol. The Balaban J connectivity index is 1.61. The van der Waals surface area contributed by atoms with Gasteiger partial charge < -0.3 is 15.0 Å². The van der Waals surface area contributed by atoms with Crippen molar-refractivity contribution >= 4 is 28.9 Å². The molecule has 1 N–H and O–H groups in total. The smallest absolute Gasteiger partial charge is 0.238 e. The van der Waals surface area contributed by atoms with Gasteiger partial charge in [-0.05, 0) is 37.1 Å². The van der Waals surface area contributed by atoms with Gasteiger partial charge in [0.05, 0.1) is 30.6 Å². The minimum atomic E-state index is -0.0871. The lowest BCUT2D eigenvalue weighted by Gasteiger charge is -2.24. The van der Waals surface area contributed by atoms with Crippen LogP contribution in [-0.4, -0.2) is 50.6 Å². The summed E-state index contributed by atoms with van der Waals surface area (Å²) >= 11 is 6.13. The number of ether oxygens (including phenoxy) is 1. The van der Waals surface area contributed by atoms with Gasteiger partial charge in [-0.3, -0.25) is 9.69 Å². The van der Waals surface area contributed by atoms with Crippen LogP contribution in [0, 0.1) is 18.3 Å². The van der Waals surface area contributed by atoms with Gasteiger partial charge in [0.1, 0.15) is 11.8 Å². The molecular formula is C22H25ClN4O2. The van der Waals surface area contributed by atoms with Gasteiger partial charge in [0.15, 0.2) is 0 Å². The summed E-state index contributed by atoms with van der Waals surface area (Å²) in [6, 6.07) is 13.4. The lowest BCUT2D eigenvalue weighted by atomic mass is 10.1. The highest BCUT2D eigenvalue weighted by atomic mass is 35.5. The molecule has 1 amide bonds. The maximum absolute atomic E-state index is 12.6. The fourth-order valence-corrected chi connectivity index (χ4v) is 3.69. The number of anilines is 2. The first kappa shape index (κ1) is 21.0. The average Bonchev–Trinajstić information content (AvgIpc) is 2.95. The molecule has 2 aromatic carbocycles. The van der Waals surface area contributed by atoms with E-state index in [1.807, 2.05) is 37.3 Å². The van der Waals surface area contributed by atoms with Crippen LogP contribution in [0.5, 0.6) is 5.75 Å². The highest BCUT2D eigenvalue weighted by Crippen LogP contribution is 2.31. The van der Waals surface area contributed by atoms with E-state index in [9.17, 15) is 10.1 Å². The molecule has 7 heteroatoms. The van der Waals surface area contributed by atoms with Crippen molar-refractivity contribution in [3.05, 3.63) is 52.5 Å². The Morgan fingerprint density at radius 3 is 2.79 bits per heavy atom. The molecule has 1 fully saturated rings. The lowest BCUT2D eigenvalue weighted by Crippen LogP contribution is -2.36. The maximum Gasteiger partial charge on any atom is 0.238 e. The van der Waals surface area contributed by atoms with Crippen LogP contribution in [0.4, 0.5) is 11.4 Å². The Morgan fingerprint density at radius 2 is 2.03 bits per heavy atom. The summed E-state index contributed by atoms with van der Waals surface area (Å²) in [6.45, 7) is 5.41. The fourth-order valence-electron chi connectivity index (χ4n) is 3.54. The van der Waals surface area contributed by atoms with Gasteiger partial charge in [-0.2, -0.15) is 5.26 Å². The van der Waals surface area contributed by atoms with E-state index in [-0.39, 0.29) is 5.91 Å². The van der Waals surface area contributed by atoms with E-state index in [1.165, 1.54) is 0 Å². The van der Waals surface area contributed by atoms with E-state index >= 15 is 0 Å². The highest BCUT2D eigenvalue weighted by molar-refractivity contribution is 6.31. The molecule has 0 saturated carbocycles. The summed E-state index contributed by atoms with van der Waals surface area (Å²) in [7, 11) is 1.55. The number of hydrogen-bond acceptors (Lipinski definition) is 5. The van der Waals surface area contributed by atoms with Crippen LogP contribution in [0.25, 0.3) is 0 Å². The first-order valence-electron chi connectivity index (χ1n) is 9.62. The summed E-state index contributed by atoms with van der Waals surface area (Å²) in [5.41, 5.74) is 3.15. The van der Waals surface area contributed by atoms with Crippen molar-refractivity contribution in [2.75, 3.05) is 50.1 Å². The number of benzene rings is 2. The molecule has 2 aromatic rings. The number of para-hydroxylation sites is 1. The molecule has 1 aliphatic rings. The topological polar surface area (TPSA) is 68.6 Å². The van der Waals surface area contributed by atoms with E-state index in [2.05, 4.69) is 21.2 Å². The predicted molar refractivity (Wildman–Crippen MR) is 116 cm³/mol. The van der Waals surface area contributed by atoms with Crippen LogP contribution in [-0.2, 0) is 4.79 Å². The van der Waals surface area contributed by atoms with Crippen molar-refractivity contribution in [3.8, 4) is 11.8 Å². The maximum atomic E-state index is 12.6. The minimum Gasteiger partial charge on any atom is -0.495 e. The average molecular weight is 413 g/mol. The number of nitrogens with one attached hydrogen (secondary N) is 1. The Labute approximate surface area is 176 Å². The number of carbonyl (C=O) groups is 1. The van der Waals surface area contributed by atoms with E-state index in [0.717, 1.165) is 43.9 Å². The van der Waals surface area contributed by atoms with Crippen molar-refractivity contribution in [1.29, 1.82) is 5.26 Å². The second-order valence-corrected chi connectivity index (χ2v) is 7.50. The summed E-state index contributed by atoms with van der Waals surface area (Å²) in [5, 5.41) is 12.9. The van der Waals surface area contributed by atoms with Crippen LogP contribution in [0.1, 0.15) is 17.5 Å². The second-order valence-electron chi connectivity index (χ2n) is 7.10. The largest absolute Gasteiger partial charge is 0.495 e. The van der Waals surface area contributed by atoms with Crippen LogP contribution >= 0.6 is 11.6 Å². The van der Waals surface area contributed by atoms with Gasteiger partial charge in [-0.15, -0.1) is 0 Å². The van der Waals surface area contributed by atoms with Gasteiger partial charge in [0.25, 0.3) is 0 Å². The third-order valence-electron chi connectivity index (χ3n) is 5.08. The first-order chi connectivity index (χ1) is 14.0. The fraction of sp³-hybridized carbons (Fsp3) is 0.364. The Morgan fingerprint density at radius 1 is 1.24 bits per heavy atom. The standard InChI is InChI=1S/C22H25ClN4O2/c1-16-12-19(21(29-2)13-18(16)23)25-22(28)15-26-8-5-9-27(11-10-26)20-7-4-3-6-17(20)14-24/h3-4,6-7,12-13H,5,8-11,15H2,1-2H3,(H,25,28). The summed E-state index contributed by atoms with van der Waals surface area (Å²) < 4.78 is 5.33. The Hall–Kier alpha value is -2.75.